The van der Waals surface area contributed by atoms with Gasteiger partial charge in [0.25, 0.3) is 0 Å². The second kappa shape index (κ2) is 6.57. The maximum absolute atomic E-state index is 13.4. The second-order valence-electron chi connectivity index (χ2n) is 8.96. The first kappa shape index (κ1) is 17.7. The number of carbonyl (C=O) groups is 1. The molecular weight excluding hydrogens is 348 g/mol. The summed E-state index contributed by atoms with van der Waals surface area (Å²) in [5.41, 5.74) is 5.18. The molecule has 5 rings (SSSR count). The molecule has 1 aromatic heterocycles. The van der Waals surface area contributed by atoms with Gasteiger partial charge in [-0.2, -0.15) is 0 Å². The molecule has 1 fully saturated rings. The maximum atomic E-state index is 13.4. The van der Waals surface area contributed by atoms with Crippen molar-refractivity contribution in [3.63, 3.8) is 0 Å². The highest BCUT2D eigenvalue weighted by atomic mass is 16.2. The molecule has 2 aromatic rings. The smallest absolute Gasteiger partial charge is 0.226 e. The molecule has 2 aliphatic carbocycles. The summed E-state index contributed by atoms with van der Waals surface area (Å²) in [6, 6.07) is 8.51. The summed E-state index contributed by atoms with van der Waals surface area (Å²) < 4.78 is 0. The molecule has 1 unspecified atom stereocenters. The zero-order valence-corrected chi connectivity index (χ0v) is 16.8. The van der Waals surface area contributed by atoms with Crippen LogP contribution in [0.25, 0.3) is 0 Å². The fourth-order valence-corrected chi connectivity index (χ4v) is 5.46. The number of anilines is 1. The Morgan fingerprint density at radius 3 is 2.61 bits per heavy atom. The van der Waals surface area contributed by atoms with Gasteiger partial charge in [-0.3, -0.25) is 4.79 Å². The largest absolute Gasteiger partial charge is 0.347 e. The molecule has 0 N–H and O–H groups in total. The van der Waals surface area contributed by atoms with Gasteiger partial charge in [-0.15, -0.1) is 0 Å². The lowest BCUT2D eigenvalue weighted by Crippen LogP contribution is -2.50. The number of rotatable bonds is 2. The van der Waals surface area contributed by atoms with Crippen LogP contribution in [0.1, 0.15) is 41.6 Å². The first-order valence-electron chi connectivity index (χ1n) is 10.4. The van der Waals surface area contributed by atoms with Crippen molar-refractivity contribution in [2.45, 2.75) is 43.9 Å². The quantitative estimate of drug-likeness (QED) is 0.809. The number of fused-ring (bicyclic) bond motifs is 3. The highest BCUT2D eigenvalue weighted by Crippen LogP contribution is 2.44. The van der Waals surface area contributed by atoms with E-state index in [1.54, 1.807) is 0 Å². The lowest BCUT2D eigenvalue weighted by molar-refractivity contribution is -0.137. The van der Waals surface area contributed by atoms with E-state index in [-0.39, 0.29) is 11.3 Å². The molecule has 0 bridgehead atoms. The van der Waals surface area contributed by atoms with E-state index < -0.39 is 0 Å². The SMILES string of the molecule is CN(C)c1ncc2c(n1)C1(CCCN(C(=O)C3Cc4ccccc4C3)C1)CC2. The number of nitrogens with zero attached hydrogens (tertiary/aromatic N) is 4. The standard InChI is InChI=1S/C23H28N4O/c1-26(2)22-24-14-18-8-10-23(20(18)25-22)9-5-11-27(15-23)21(28)19-12-16-6-3-4-7-17(16)13-19/h3-4,6-7,14,19H,5,8-13,15H2,1-2H3. The van der Waals surface area contributed by atoms with Gasteiger partial charge in [-0.1, -0.05) is 24.3 Å². The lowest BCUT2D eigenvalue weighted by Gasteiger charge is -2.41. The number of piperidine rings is 1. The van der Waals surface area contributed by atoms with Crippen LogP contribution in [0.15, 0.2) is 30.5 Å². The van der Waals surface area contributed by atoms with Gasteiger partial charge in [0.1, 0.15) is 0 Å². The number of aromatic nitrogens is 2. The number of hydrogen-bond acceptors (Lipinski definition) is 4. The van der Waals surface area contributed by atoms with Crippen LogP contribution in [0.4, 0.5) is 5.95 Å². The molecule has 1 spiro atoms. The van der Waals surface area contributed by atoms with E-state index in [9.17, 15) is 4.79 Å². The van der Waals surface area contributed by atoms with Gasteiger partial charge in [0.15, 0.2) is 0 Å². The van der Waals surface area contributed by atoms with Crippen molar-refractivity contribution < 1.29 is 4.79 Å². The third-order valence-corrected chi connectivity index (χ3v) is 6.92. The maximum Gasteiger partial charge on any atom is 0.226 e. The highest BCUT2D eigenvalue weighted by molar-refractivity contribution is 5.81. The van der Waals surface area contributed by atoms with Gasteiger partial charge in [0.05, 0.1) is 5.69 Å². The van der Waals surface area contributed by atoms with Crippen molar-refractivity contribution in [1.82, 2.24) is 14.9 Å². The van der Waals surface area contributed by atoms with Gasteiger partial charge in [0.2, 0.25) is 11.9 Å². The minimum absolute atomic E-state index is 0.0163. The summed E-state index contributed by atoms with van der Waals surface area (Å²) in [5.74, 6) is 1.22. The lowest BCUT2D eigenvalue weighted by atomic mass is 9.77. The van der Waals surface area contributed by atoms with E-state index in [1.165, 1.54) is 22.4 Å². The van der Waals surface area contributed by atoms with Crippen molar-refractivity contribution in [2.75, 3.05) is 32.1 Å². The molecule has 3 aliphatic rings. The van der Waals surface area contributed by atoms with Crippen molar-refractivity contribution >= 4 is 11.9 Å². The van der Waals surface area contributed by atoms with Crippen LogP contribution in [0.3, 0.4) is 0 Å². The van der Waals surface area contributed by atoms with Crippen LogP contribution in [0.2, 0.25) is 0 Å². The van der Waals surface area contributed by atoms with Crippen LogP contribution in [-0.2, 0) is 29.5 Å². The molecule has 0 radical (unpaired) electrons. The molecular formula is C23H28N4O. The van der Waals surface area contributed by atoms with Crippen LogP contribution in [0, 0.1) is 5.92 Å². The minimum atomic E-state index is 0.0163. The topological polar surface area (TPSA) is 49.3 Å². The number of likely N-dealkylation sites (tertiary alicyclic amines) is 1. The summed E-state index contributed by atoms with van der Waals surface area (Å²) in [7, 11) is 3.97. The average molecular weight is 377 g/mol. The summed E-state index contributed by atoms with van der Waals surface area (Å²) in [4.78, 5) is 26.9. The Kier molecular flexibility index (Phi) is 4.14. The van der Waals surface area contributed by atoms with Crippen molar-refractivity contribution in [3.8, 4) is 0 Å². The number of amides is 1. The molecule has 1 aromatic carbocycles. The molecule has 1 atom stereocenters. The number of benzene rings is 1. The number of hydrogen-bond donors (Lipinski definition) is 0. The Bertz CT molecular complexity index is 896. The van der Waals surface area contributed by atoms with Gasteiger partial charge in [-0.05, 0) is 55.2 Å². The Morgan fingerprint density at radius 1 is 1.14 bits per heavy atom. The van der Waals surface area contributed by atoms with Gasteiger partial charge in [0, 0.05) is 44.7 Å². The molecule has 1 aliphatic heterocycles. The molecule has 5 nitrogen and oxygen atoms in total. The van der Waals surface area contributed by atoms with Crippen LogP contribution in [0.5, 0.6) is 0 Å². The predicted octanol–water partition coefficient (Wildman–Crippen LogP) is 2.76. The fourth-order valence-electron chi connectivity index (χ4n) is 5.46. The van der Waals surface area contributed by atoms with E-state index >= 15 is 0 Å². The molecule has 1 saturated heterocycles. The molecule has 1 amide bonds. The molecule has 146 valence electrons. The van der Waals surface area contributed by atoms with Crippen molar-refractivity contribution in [2.24, 2.45) is 5.92 Å². The highest BCUT2D eigenvalue weighted by Gasteiger charge is 2.45. The zero-order chi connectivity index (χ0) is 19.3. The Hall–Kier alpha value is -2.43. The van der Waals surface area contributed by atoms with Crippen LogP contribution >= 0.6 is 0 Å². The Labute approximate surface area is 166 Å². The summed E-state index contributed by atoms with van der Waals surface area (Å²) in [5, 5.41) is 0. The van der Waals surface area contributed by atoms with Gasteiger partial charge < -0.3 is 9.80 Å². The molecule has 5 heteroatoms. The van der Waals surface area contributed by atoms with Crippen LogP contribution in [-0.4, -0.2) is 48.0 Å². The molecule has 2 heterocycles. The van der Waals surface area contributed by atoms with Gasteiger partial charge in [-0.25, -0.2) is 9.97 Å². The molecule has 28 heavy (non-hydrogen) atoms. The van der Waals surface area contributed by atoms with E-state index in [2.05, 4.69) is 34.1 Å². The minimum Gasteiger partial charge on any atom is -0.347 e. The van der Waals surface area contributed by atoms with Crippen molar-refractivity contribution in [1.29, 1.82) is 0 Å². The zero-order valence-electron chi connectivity index (χ0n) is 16.8. The van der Waals surface area contributed by atoms with E-state index in [1.807, 2.05) is 25.2 Å². The van der Waals surface area contributed by atoms with E-state index in [4.69, 9.17) is 4.98 Å². The summed E-state index contributed by atoms with van der Waals surface area (Å²) in [6.07, 6.45) is 8.08. The third kappa shape index (κ3) is 2.79. The number of carbonyl (C=O) groups excluding carboxylic acids is 1. The monoisotopic (exact) mass is 376 g/mol. The third-order valence-electron chi connectivity index (χ3n) is 6.92. The Balaban J connectivity index is 1.38. The molecule has 0 saturated carbocycles. The second-order valence-corrected chi connectivity index (χ2v) is 8.96. The fraction of sp³-hybridized carbons (Fsp3) is 0.522. The first-order chi connectivity index (χ1) is 13.6. The number of aryl methyl sites for hydroxylation is 1. The predicted molar refractivity (Wildman–Crippen MR) is 110 cm³/mol. The van der Waals surface area contributed by atoms with Crippen LogP contribution < -0.4 is 4.90 Å². The normalized spacial score (nSPS) is 23.7. The van der Waals surface area contributed by atoms with E-state index in [0.717, 1.165) is 57.6 Å². The summed E-state index contributed by atoms with van der Waals surface area (Å²) in [6.45, 7) is 1.70. The van der Waals surface area contributed by atoms with E-state index in [0.29, 0.717) is 5.91 Å². The van der Waals surface area contributed by atoms with Crippen molar-refractivity contribution in [3.05, 3.63) is 52.8 Å². The summed E-state index contributed by atoms with van der Waals surface area (Å²) >= 11 is 0. The van der Waals surface area contributed by atoms with Gasteiger partial charge >= 0.3 is 0 Å². The first-order valence-corrected chi connectivity index (χ1v) is 10.4. The average Bonchev–Trinajstić information content (AvgIpc) is 3.29. The Morgan fingerprint density at radius 2 is 1.89 bits per heavy atom.